The third-order valence-corrected chi connectivity index (χ3v) is 3.24. The van der Waals surface area contributed by atoms with Gasteiger partial charge in [0.2, 0.25) is 0 Å². The predicted molar refractivity (Wildman–Crippen MR) is 69.8 cm³/mol. The normalized spacial score (nSPS) is 12.4. The van der Waals surface area contributed by atoms with Gasteiger partial charge in [0.15, 0.2) is 11.6 Å². The zero-order valence-corrected chi connectivity index (χ0v) is 10.7. The van der Waals surface area contributed by atoms with E-state index in [4.69, 9.17) is 11.6 Å². The smallest absolute Gasteiger partial charge is 0.159 e. The lowest BCUT2D eigenvalue weighted by molar-refractivity contribution is 0.507. The lowest BCUT2D eigenvalue weighted by Crippen LogP contribution is -1.97. The highest BCUT2D eigenvalue weighted by molar-refractivity contribution is 6.20. The third kappa shape index (κ3) is 3.08. The van der Waals surface area contributed by atoms with Gasteiger partial charge in [0.25, 0.3) is 0 Å². The number of hydrogen-bond donors (Lipinski definition) is 0. The lowest BCUT2D eigenvalue weighted by atomic mass is 10.0. The molecule has 0 heterocycles. The quantitative estimate of drug-likeness (QED) is 0.701. The van der Waals surface area contributed by atoms with Crippen molar-refractivity contribution in [3.8, 4) is 0 Å². The maximum absolute atomic E-state index is 13.1. The molecular formula is C15H13ClF2. The molecule has 0 saturated heterocycles. The van der Waals surface area contributed by atoms with Crippen molar-refractivity contribution in [1.82, 2.24) is 0 Å². The molecule has 1 unspecified atom stereocenters. The van der Waals surface area contributed by atoms with Gasteiger partial charge in [-0.25, -0.2) is 8.78 Å². The molecule has 18 heavy (non-hydrogen) atoms. The van der Waals surface area contributed by atoms with Gasteiger partial charge in [0, 0.05) is 0 Å². The Hall–Kier alpha value is -1.41. The van der Waals surface area contributed by atoms with Crippen molar-refractivity contribution in [2.75, 3.05) is 0 Å². The van der Waals surface area contributed by atoms with Crippen LogP contribution in [0.2, 0.25) is 0 Å². The molecule has 2 rings (SSSR count). The summed E-state index contributed by atoms with van der Waals surface area (Å²) >= 11 is 6.27. The summed E-state index contributed by atoms with van der Waals surface area (Å²) in [6, 6.07) is 11.7. The molecule has 0 amide bonds. The van der Waals surface area contributed by atoms with E-state index in [1.165, 1.54) is 6.07 Å². The monoisotopic (exact) mass is 266 g/mol. The average molecular weight is 267 g/mol. The summed E-state index contributed by atoms with van der Waals surface area (Å²) in [6.45, 7) is 2.00. The van der Waals surface area contributed by atoms with Gasteiger partial charge in [-0.3, -0.25) is 0 Å². The van der Waals surface area contributed by atoms with E-state index in [0.29, 0.717) is 12.0 Å². The fourth-order valence-electron chi connectivity index (χ4n) is 1.77. The van der Waals surface area contributed by atoms with Crippen LogP contribution in [-0.2, 0) is 6.42 Å². The average Bonchev–Trinajstić information content (AvgIpc) is 2.34. The number of hydrogen-bond acceptors (Lipinski definition) is 0. The van der Waals surface area contributed by atoms with Crippen molar-refractivity contribution in [2.45, 2.75) is 18.7 Å². The van der Waals surface area contributed by atoms with Crippen LogP contribution in [0.25, 0.3) is 0 Å². The molecule has 1 atom stereocenters. The van der Waals surface area contributed by atoms with Crippen LogP contribution < -0.4 is 0 Å². The highest BCUT2D eigenvalue weighted by Crippen LogP contribution is 2.25. The molecule has 0 saturated carbocycles. The van der Waals surface area contributed by atoms with Crippen molar-refractivity contribution in [3.63, 3.8) is 0 Å². The largest absolute Gasteiger partial charge is 0.204 e. The second-order valence-corrected chi connectivity index (χ2v) is 4.86. The van der Waals surface area contributed by atoms with Crippen molar-refractivity contribution < 1.29 is 8.78 Å². The van der Waals surface area contributed by atoms with E-state index in [1.54, 1.807) is 6.07 Å². The molecule has 0 aliphatic carbocycles. The Morgan fingerprint density at radius 3 is 2.28 bits per heavy atom. The predicted octanol–water partition coefficient (Wildman–Crippen LogP) is 4.80. The van der Waals surface area contributed by atoms with Gasteiger partial charge in [-0.15, -0.1) is 11.6 Å². The van der Waals surface area contributed by atoms with Crippen LogP contribution in [0, 0.1) is 18.6 Å². The minimum atomic E-state index is -0.833. The first-order chi connectivity index (χ1) is 8.56. The standard InChI is InChI=1S/C15H13ClF2/c1-10-2-5-12(6-3-10)13(16)8-11-4-7-14(17)15(18)9-11/h2-7,9,13H,8H2,1H3. The third-order valence-electron chi connectivity index (χ3n) is 2.84. The Morgan fingerprint density at radius 2 is 1.67 bits per heavy atom. The number of aryl methyl sites for hydroxylation is 1. The molecule has 0 aromatic heterocycles. The van der Waals surface area contributed by atoms with Gasteiger partial charge in [-0.1, -0.05) is 35.9 Å². The molecular weight excluding hydrogens is 254 g/mol. The molecule has 0 radical (unpaired) electrons. The number of rotatable bonds is 3. The zero-order valence-electron chi connectivity index (χ0n) is 9.96. The van der Waals surface area contributed by atoms with Gasteiger partial charge < -0.3 is 0 Å². The van der Waals surface area contributed by atoms with Crippen LogP contribution in [0.3, 0.4) is 0 Å². The van der Waals surface area contributed by atoms with Crippen molar-refractivity contribution in [3.05, 3.63) is 70.8 Å². The van der Waals surface area contributed by atoms with Crippen molar-refractivity contribution in [1.29, 1.82) is 0 Å². The van der Waals surface area contributed by atoms with Gasteiger partial charge in [0.05, 0.1) is 5.38 Å². The van der Waals surface area contributed by atoms with E-state index in [9.17, 15) is 8.78 Å². The molecule has 0 bridgehead atoms. The molecule has 0 aliphatic rings. The number of alkyl halides is 1. The first-order valence-corrected chi connectivity index (χ1v) is 6.14. The van der Waals surface area contributed by atoms with E-state index in [-0.39, 0.29) is 5.38 Å². The van der Waals surface area contributed by atoms with E-state index < -0.39 is 11.6 Å². The van der Waals surface area contributed by atoms with Crippen LogP contribution >= 0.6 is 11.6 Å². The molecule has 2 aromatic carbocycles. The first-order valence-electron chi connectivity index (χ1n) is 5.71. The minimum absolute atomic E-state index is 0.240. The van der Waals surface area contributed by atoms with Gasteiger partial charge in [-0.05, 0) is 36.6 Å². The Morgan fingerprint density at radius 1 is 1.00 bits per heavy atom. The maximum atomic E-state index is 13.1. The van der Waals surface area contributed by atoms with Crippen LogP contribution in [0.5, 0.6) is 0 Å². The van der Waals surface area contributed by atoms with Crippen LogP contribution in [0.1, 0.15) is 22.1 Å². The van der Waals surface area contributed by atoms with E-state index >= 15 is 0 Å². The summed E-state index contributed by atoms with van der Waals surface area (Å²) in [5.41, 5.74) is 2.83. The van der Waals surface area contributed by atoms with Crippen molar-refractivity contribution in [2.24, 2.45) is 0 Å². The highest BCUT2D eigenvalue weighted by Gasteiger charge is 2.10. The summed E-state index contributed by atoms with van der Waals surface area (Å²) in [4.78, 5) is 0. The Bertz CT molecular complexity index is 535. The summed E-state index contributed by atoms with van der Waals surface area (Å²) in [6.07, 6.45) is 0.474. The van der Waals surface area contributed by atoms with Crippen LogP contribution in [-0.4, -0.2) is 0 Å². The first kappa shape index (κ1) is 13.0. The van der Waals surface area contributed by atoms with Gasteiger partial charge >= 0.3 is 0 Å². The van der Waals surface area contributed by atoms with E-state index in [1.807, 2.05) is 31.2 Å². The Balaban J connectivity index is 2.13. The van der Waals surface area contributed by atoms with E-state index in [2.05, 4.69) is 0 Å². The topological polar surface area (TPSA) is 0 Å². The molecule has 0 aliphatic heterocycles. The molecule has 94 valence electrons. The fourth-order valence-corrected chi connectivity index (χ4v) is 2.09. The molecule has 0 fully saturated rings. The summed E-state index contributed by atoms with van der Waals surface area (Å²) in [7, 11) is 0. The van der Waals surface area contributed by atoms with Crippen molar-refractivity contribution >= 4 is 11.6 Å². The fraction of sp³-hybridized carbons (Fsp3) is 0.200. The minimum Gasteiger partial charge on any atom is -0.204 e. The van der Waals surface area contributed by atoms with Gasteiger partial charge in [-0.2, -0.15) is 0 Å². The highest BCUT2D eigenvalue weighted by atomic mass is 35.5. The van der Waals surface area contributed by atoms with Crippen LogP contribution in [0.15, 0.2) is 42.5 Å². The maximum Gasteiger partial charge on any atom is 0.159 e. The second-order valence-electron chi connectivity index (χ2n) is 4.33. The number of benzene rings is 2. The SMILES string of the molecule is Cc1ccc(C(Cl)Cc2ccc(F)c(F)c2)cc1. The molecule has 3 heteroatoms. The Labute approximate surface area is 110 Å². The summed E-state index contributed by atoms with van der Waals surface area (Å²) in [5.74, 6) is -1.67. The van der Waals surface area contributed by atoms with Crippen LogP contribution in [0.4, 0.5) is 8.78 Å². The molecule has 2 aromatic rings. The molecule has 0 nitrogen and oxygen atoms in total. The second kappa shape index (κ2) is 5.49. The summed E-state index contributed by atoms with van der Waals surface area (Å²) < 4.78 is 25.9. The molecule has 0 spiro atoms. The molecule has 0 N–H and O–H groups in total. The van der Waals surface area contributed by atoms with E-state index in [0.717, 1.165) is 17.2 Å². The summed E-state index contributed by atoms with van der Waals surface area (Å²) in [5, 5.41) is -0.240. The number of halogens is 3. The lowest BCUT2D eigenvalue weighted by Gasteiger charge is -2.10. The van der Waals surface area contributed by atoms with Gasteiger partial charge in [0.1, 0.15) is 0 Å². The Kier molecular flexibility index (Phi) is 3.97. The zero-order chi connectivity index (χ0) is 13.1.